The lowest BCUT2D eigenvalue weighted by atomic mass is 10.1. The average Bonchev–Trinajstić information content (AvgIpc) is 2.70. The second kappa shape index (κ2) is 6.47. The maximum atomic E-state index is 12.4. The number of ether oxygens (including phenoxy) is 1. The zero-order chi connectivity index (χ0) is 14.6. The van der Waals surface area contributed by atoms with Crippen molar-refractivity contribution in [3.63, 3.8) is 0 Å². The summed E-state index contributed by atoms with van der Waals surface area (Å²) in [7, 11) is -2.12. The van der Waals surface area contributed by atoms with E-state index in [4.69, 9.17) is 10.5 Å². The molecule has 0 radical (unpaired) electrons. The number of nitrogens with one attached hydrogen (secondary N) is 2. The van der Waals surface area contributed by atoms with Crippen LogP contribution in [0.1, 0.15) is 25.2 Å². The molecule has 1 aromatic rings. The van der Waals surface area contributed by atoms with Crippen LogP contribution in [0.3, 0.4) is 0 Å². The Hall–Kier alpha value is -0.960. The van der Waals surface area contributed by atoms with Gasteiger partial charge in [-0.1, -0.05) is 13.8 Å². The van der Waals surface area contributed by atoms with Crippen LogP contribution in [-0.4, -0.2) is 38.4 Å². The first-order valence-corrected chi connectivity index (χ1v) is 7.57. The van der Waals surface area contributed by atoms with Crippen LogP contribution >= 0.6 is 0 Å². The van der Waals surface area contributed by atoms with Crippen molar-refractivity contribution in [3.05, 3.63) is 11.4 Å². The number of aromatic amines is 1. The van der Waals surface area contributed by atoms with E-state index in [1.54, 1.807) is 6.92 Å². The zero-order valence-corrected chi connectivity index (χ0v) is 12.5. The molecule has 0 fully saturated rings. The molecular formula is C11H22N4O3S. The van der Waals surface area contributed by atoms with E-state index in [0.717, 1.165) is 0 Å². The summed E-state index contributed by atoms with van der Waals surface area (Å²) in [5, 5.41) is 6.55. The summed E-state index contributed by atoms with van der Waals surface area (Å²) in [6.07, 6.45) is 0. The molecule has 7 nitrogen and oxygen atoms in total. The number of aryl methyl sites for hydroxylation is 1. The van der Waals surface area contributed by atoms with Crippen molar-refractivity contribution in [2.45, 2.75) is 38.3 Å². The van der Waals surface area contributed by atoms with E-state index >= 15 is 0 Å². The van der Waals surface area contributed by atoms with Crippen molar-refractivity contribution in [1.29, 1.82) is 0 Å². The van der Waals surface area contributed by atoms with E-state index in [2.05, 4.69) is 14.9 Å². The fraction of sp³-hybridized carbons (Fsp3) is 0.727. The lowest BCUT2D eigenvalue weighted by molar-refractivity contribution is 0.157. The van der Waals surface area contributed by atoms with E-state index in [9.17, 15) is 8.42 Å². The van der Waals surface area contributed by atoms with Gasteiger partial charge < -0.3 is 10.5 Å². The predicted molar refractivity (Wildman–Crippen MR) is 72.0 cm³/mol. The first-order valence-electron chi connectivity index (χ1n) is 6.08. The summed E-state index contributed by atoms with van der Waals surface area (Å²) < 4.78 is 32.5. The Morgan fingerprint density at radius 2 is 2.11 bits per heavy atom. The number of sulfonamides is 1. The SMILES string of the molecule is COCC(NS(=O)(=O)c1c(CN)n[nH]c1C)C(C)C. The van der Waals surface area contributed by atoms with E-state index in [0.29, 0.717) is 18.0 Å². The van der Waals surface area contributed by atoms with Gasteiger partial charge in [-0.15, -0.1) is 0 Å². The minimum Gasteiger partial charge on any atom is -0.383 e. The first-order chi connectivity index (χ1) is 8.83. The molecule has 0 saturated heterocycles. The second-order valence-electron chi connectivity index (χ2n) is 4.76. The van der Waals surface area contributed by atoms with Crippen molar-refractivity contribution in [1.82, 2.24) is 14.9 Å². The second-order valence-corrected chi connectivity index (χ2v) is 6.41. The third kappa shape index (κ3) is 3.75. The van der Waals surface area contributed by atoms with Crippen molar-refractivity contribution in [2.24, 2.45) is 11.7 Å². The average molecular weight is 290 g/mol. The molecule has 1 atom stereocenters. The minimum atomic E-state index is -3.66. The maximum Gasteiger partial charge on any atom is 0.244 e. The molecule has 19 heavy (non-hydrogen) atoms. The highest BCUT2D eigenvalue weighted by atomic mass is 32.2. The quantitative estimate of drug-likeness (QED) is 0.661. The Labute approximate surface area is 114 Å². The van der Waals surface area contributed by atoms with Crippen LogP contribution in [-0.2, 0) is 21.3 Å². The van der Waals surface area contributed by atoms with Crippen LogP contribution in [0.25, 0.3) is 0 Å². The summed E-state index contributed by atoms with van der Waals surface area (Å²) in [6, 6.07) is -0.296. The summed E-state index contributed by atoms with van der Waals surface area (Å²) in [5.41, 5.74) is 6.33. The molecule has 0 saturated carbocycles. The summed E-state index contributed by atoms with van der Waals surface area (Å²) in [4.78, 5) is 0.136. The highest BCUT2D eigenvalue weighted by Crippen LogP contribution is 2.18. The number of nitrogens with two attached hydrogens (primary N) is 1. The molecule has 1 rings (SSSR count). The molecule has 4 N–H and O–H groups in total. The molecule has 0 bridgehead atoms. The largest absolute Gasteiger partial charge is 0.383 e. The maximum absolute atomic E-state index is 12.4. The van der Waals surface area contributed by atoms with Gasteiger partial charge in [0.25, 0.3) is 0 Å². The van der Waals surface area contributed by atoms with E-state index in [1.165, 1.54) is 7.11 Å². The van der Waals surface area contributed by atoms with Crippen molar-refractivity contribution in [3.8, 4) is 0 Å². The molecule has 0 aliphatic carbocycles. The van der Waals surface area contributed by atoms with Gasteiger partial charge in [-0.25, -0.2) is 13.1 Å². The minimum absolute atomic E-state index is 0.0667. The fourth-order valence-corrected chi connectivity index (χ4v) is 3.51. The van der Waals surface area contributed by atoms with Gasteiger partial charge in [0.2, 0.25) is 10.0 Å². The highest BCUT2D eigenvalue weighted by molar-refractivity contribution is 7.89. The Kier molecular flexibility index (Phi) is 5.48. The molecule has 1 heterocycles. The van der Waals surface area contributed by atoms with Crippen LogP contribution in [0.2, 0.25) is 0 Å². The number of aromatic nitrogens is 2. The van der Waals surface area contributed by atoms with Crippen LogP contribution in [0.5, 0.6) is 0 Å². The number of hydrogen-bond donors (Lipinski definition) is 3. The third-order valence-corrected chi connectivity index (χ3v) is 4.57. The lowest BCUT2D eigenvalue weighted by Gasteiger charge is -2.21. The number of rotatable bonds is 7. The van der Waals surface area contributed by atoms with Gasteiger partial charge in [-0.3, -0.25) is 5.10 Å². The molecule has 0 spiro atoms. The van der Waals surface area contributed by atoms with Crippen LogP contribution < -0.4 is 10.5 Å². The van der Waals surface area contributed by atoms with Crippen LogP contribution in [0.4, 0.5) is 0 Å². The van der Waals surface area contributed by atoms with Gasteiger partial charge in [-0.05, 0) is 12.8 Å². The molecule has 1 aromatic heterocycles. The number of nitrogens with zero attached hydrogens (tertiary/aromatic N) is 1. The van der Waals surface area contributed by atoms with Gasteiger partial charge in [0, 0.05) is 19.7 Å². The van der Waals surface area contributed by atoms with E-state index in [1.807, 2.05) is 13.8 Å². The van der Waals surface area contributed by atoms with Gasteiger partial charge in [0.05, 0.1) is 18.0 Å². The topological polar surface area (TPSA) is 110 Å². The number of methoxy groups -OCH3 is 1. The van der Waals surface area contributed by atoms with Crippen LogP contribution in [0.15, 0.2) is 4.90 Å². The van der Waals surface area contributed by atoms with Crippen molar-refractivity contribution in [2.75, 3.05) is 13.7 Å². The lowest BCUT2D eigenvalue weighted by Crippen LogP contribution is -2.42. The van der Waals surface area contributed by atoms with E-state index < -0.39 is 10.0 Å². The standard InChI is InChI=1S/C11H22N4O3S/c1-7(2)10(6-18-4)15-19(16,17)11-8(3)13-14-9(11)5-12/h7,10,15H,5-6,12H2,1-4H3,(H,13,14). The van der Waals surface area contributed by atoms with Gasteiger partial charge in [0.1, 0.15) is 4.90 Å². The molecule has 0 aromatic carbocycles. The highest BCUT2D eigenvalue weighted by Gasteiger charge is 2.27. The zero-order valence-electron chi connectivity index (χ0n) is 11.7. The number of hydrogen-bond acceptors (Lipinski definition) is 5. The van der Waals surface area contributed by atoms with Gasteiger partial charge >= 0.3 is 0 Å². The normalized spacial score (nSPS) is 14.0. The molecule has 1 unspecified atom stereocenters. The summed E-state index contributed by atoms with van der Waals surface area (Å²) in [6.45, 7) is 5.89. The molecule has 8 heteroatoms. The Balaban J connectivity index is 3.06. The Morgan fingerprint density at radius 1 is 1.47 bits per heavy atom. The number of H-pyrrole nitrogens is 1. The smallest absolute Gasteiger partial charge is 0.244 e. The summed E-state index contributed by atoms with van der Waals surface area (Å²) >= 11 is 0. The van der Waals surface area contributed by atoms with Gasteiger partial charge in [0.15, 0.2) is 0 Å². The molecule has 110 valence electrons. The van der Waals surface area contributed by atoms with Gasteiger partial charge in [-0.2, -0.15) is 5.10 Å². The third-order valence-electron chi connectivity index (χ3n) is 2.88. The molecule has 0 amide bonds. The summed E-state index contributed by atoms with van der Waals surface area (Å²) in [5.74, 6) is 0.114. The monoisotopic (exact) mass is 290 g/mol. The molecular weight excluding hydrogens is 268 g/mol. The van der Waals surface area contributed by atoms with E-state index in [-0.39, 0.29) is 23.4 Å². The van der Waals surface area contributed by atoms with Crippen LogP contribution in [0, 0.1) is 12.8 Å². The van der Waals surface area contributed by atoms with Crippen molar-refractivity contribution >= 4 is 10.0 Å². The predicted octanol–water partition coefficient (Wildman–Crippen LogP) is 0.126. The Morgan fingerprint density at radius 3 is 2.58 bits per heavy atom. The Bertz CT molecular complexity index is 510. The first kappa shape index (κ1) is 16.1. The molecule has 0 aliphatic rings. The fourth-order valence-electron chi connectivity index (χ4n) is 1.76. The van der Waals surface area contributed by atoms with Crippen molar-refractivity contribution < 1.29 is 13.2 Å². The molecule has 0 aliphatic heterocycles.